The molecule has 0 radical (unpaired) electrons. The Kier molecular flexibility index (Phi) is 19.3. The van der Waals surface area contributed by atoms with Crippen molar-refractivity contribution in [1.29, 1.82) is 0 Å². The van der Waals surface area contributed by atoms with Crippen LogP contribution in [0.1, 0.15) is 118 Å². The second kappa shape index (κ2) is 20.2. The molecule has 0 heterocycles. The van der Waals surface area contributed by atoms with Crippen LogP contribution in [0.15, 0.2) is 0 Å². The average molecular weight is 454 g/mol. The van der Waals surface area contributed by atoms with Gasteiger partial charge in [-0.15, -0.1) is 0 Å². The van der Waals surface area contributed by atoms with E-state index in [1.54, 1.807) is 6.92 Å². The van der Waals surface area contributed by atoms with Gasteiger partial charge in [-0.2, -0.15) is 0 Å². The maximum atomic E-state index is 12.4. The van der Waals surface area contributed by atoms with Crippen LogP contribution in [-0.4, -0.2) is 43.3 Å². The minimum Gasteiger partial charge on any atom is -0.356 e. The van der Waals surface area contributed by atoms with E-state index in [0.29, 0.717) is 31.7 Å². The largest absolute Gasteiger partial charge is 0.356 e. The molecule has 2 amide bonds. The maximum absolute atomic E-state index is 12.4. The van der Waals surface area contributed by atoms with Crippen molar-refractivity contribution in [2.45, 2.75) is 130 Å². The van der Waals surface area contributed by atoms with Crippen molar-refractivity contribution in [3.8, 4) is 0 Å². The first kappa shape index (κ1) is 30.6. The average Bonchev–Trinajstić information content (AvgIpc) is 2.72. The quantitative estimate of drug-likeness (QED) is 0.216. The third-order valence-corrected chi connectivity index (χ3v) is 6.03. The van der Waals surface area contributed by atoms with Gasteiger partial charge in [-0.05, 0) is 45.6 Å². The molecule has 0 aromatic rings. The molecule has 6 heteroatoms. The molecule has 3 N–H and O–H groups in total. The summed E-state index contributed by atoms with van der Waals surface area (Å²) in [6, 6.07) is 0.131. The van der Waals surface area contributed by atoms with E-state index in [0.717, 1.165) is 38.5 Å². The van der Waals surface area contributed by atoms with Crippen LogP contribution in [0.2, 0.25) is 0 Å². The zero-order valence-electron chi connectivity index (χ0n) is 21.6. The lowest BCUT2D eigenvalue weighted by atomic mass is 9.98. The Labute approximate surface area is 197 Å². The van der Waals surface area contributed by atoms with Crippen LogP contribution in [0.3, 0.4) is 0 Å². The highest BCUT2D eigenvalue weighted by molar-refractivity contribution is 5.79. The summed E-state index contributed by atoms with van der Waals surface area (Å²) in [7, 11) is 1.92. The van der Waals surface area contributed by atoms with Crippen LogP contribution in [-0.2, 0) is 14.4 Å². The SMILES string of the molecule is CCCCCC(C)CC(=O)NC(CCCCNC(=O)CC(CCCCC)NC)CC(C)=O. The van der Waals surface area contributed by atoms with E-state index >= 15 is 0 Å². The van der Waals surface area contributed by atoms with Gasteiger partial charge in [-0.25, -0.2) is 0 Å². The van der Waals surface area contributed by atoms with Gasteiger partial charge in [0.15, 0.2) is 0 Å². The first-order valence-electron chi connectivity index (χ1n) is 13.0. The molecule has 188 valence electrons. The Balaban J connectivity index is 4.18. The van der Waals surface area contributed by atoms with Crippen LogP contribution in [0.25, 0.3) is 0 Å². The number of ketones is 1. The Hall–Kier alpha value is -1.43. The molecule has 0 aliphatic carbocycles. The second-order valence-corrected chi connectivity index (χ2v) is 9.51. The van der Waals surface area contributed by atoms with Crippen LogP contribution in [0, 0.1) is 5.92 Å². The van der Waals surface area contributed by atoms with Crippen LogP contribution >= 0.6 is 0 Å². The monoisotopic (exact) mass is 453 g/mol. The topological polar surface area (TPSA) is 87.3 Å². The third kappa shape index (κ3) is 18.2. The van der Waals surface area contributed by atoms with Gasteiger partial charge in [0.1, 0.15) is 5.78 Å². The van der Waals surface area contributed by atoms with E-state index in [1.165, 1.54) is 32.1 Å². The highest BCUT2D eigenvalue weighted by atomic mass is 16.2. The minimum absolute atomic E-state index is 0.0507. The molecule has 0 aromatic carbocycles. The van der Waals surface area contributed by atoms with Crippen molar-refractivity contribution < 1.29 is 14.4 Å². The van der Waals surface area contributed by atoms with E-state index in [1.807, 2.05) is 7.05 Å². The summed E-state index contributed by atoms with van der Waals surface area (Å²) in [4.78, 5) is 36.2. The smallest absolute Gasteiger partial charge is 0.221 e. The maximum Gasteiger partial charge on any atom is 0.221 e. The molecule has 0 fully saturated rings. The molecule has 0 spiro atoms. The van der Waals surface area contributed by atoms with Crippen LogP contribution in [0.4, 0.5) is 0 Å². The van der Waals surface area contributed by atoms with E-state index in [-0.39, 0.29) is 29.7 Å². The van der Waals surface area contributed by atoms with Gasteiger partial charge in [0, 0.05) is 37.9 Å². The van der Waals surface area contributed by atoms with Crippen LogP contribution < -0.4 is 16.0 Å². The van der Waals surface area contributed by atoms with Crippen molar-refractivity contribution in [3.05, 3.63) is 0 Å². The lowest BCUT2D eigenvalue weighted by Crippen LogP contribution is -2.37. The van der Waals surface area contributed by atoms with Gasteiger partial charge in [-0.3, -0.25) is 14.4 Å². The van der Waals surface area contributed by atoms with Crippen molar-refractivity contribution in [1.82, 2.24) is 16.0 Å². The molecule has 32 heavy (non-hydrogen) atoms. The summed E-state index contributed by atoms with van der Waals surface area (Å²) in [5.41, 5.74) is 0. The molecule has 0 aromatic heterocycles. The summed E-state index contributed by atoms with van der Waals surface area (Å²) in [5, 5.41) is 9.32. The number of Topliss-reactive ketones (excluding diaryl/α,β-unsaturated/α-hetero) is 1. The summed E-state index contributed by atoms with van der Waals surface area (Å²) in [6.07, 6.45) is 13.1. The number of carbonyl (C=O) groups is 3. The molecular formula is C26H51N3O3. The normalized spacial score (nSPS) is 13.9. The first-order valence-corrected chi connectivity index (χ1v) is 13.0. The Morgan fingerprint density at radius 1 is 0.719 bits per heavy atom. The fraction of sp³-hybridized carbons (Fsp3) is 0.885. The minimum atomic E-state index is -0.106. The van der Waals surface area contributed by atoms with Gasteiger partial charge in [0.05, 0.1) is 0 Å². The van der Waals surface area contributed by atoms with E-state index in [9.17, 15) is 14.4 Å². The highest BCUT2D eigenvalue weighted by Crippen LogP contribution is 2.14. The van der Waals surface area contributed by atoms with Gasteiger partial charge in [-0.1, -0.05) is 65.7 Å². The molecule has 0 bridgehead atoms. The summed E-state index contributed by atoms with van der Waals surface area (Å²) >= 11 is 0. The molecule has 0 aliphatic heterocycles. The number of nitrogens with one attached hydrogen (secondary N) is 3. The lowest BCUT2D eigenvalue weighted by Gasteiger charge is -2.19. The lowest BCUT2D eigenvalue weighted by molar-refractivity contribution is -0.123. The number of hydrogen-bond acceptors (Lipinski definition) is 4. The zero-order valence-corrected chi connectivity index (χ0v) is 21.6. The predicted molar refractivity (Wildman–Crippen MR) is 134 cm³/mol. The molecular weight excluding hydrogens is 402 g/mol. The van der Waals surface area contributed by atoms with Gasteiger partial charge in [0.2, 0.25) is 11.8 Å². The fourth-order valence-corrected chi connectivity index (χ4v) is 4.05. The molecule has 6 nitrogen and oxygen atoms in total. The van der Waals surface area contributed by atoms with Crippen molar-refractivity contribution >= 4 is 17.6 Å². The van der Waals surface area contributed by atoms with Gasteiger partial charge in [0.25, 0.3) is 0 Å². The predicted octanol–water partition coefficient (Wildman–Crippen LogP) is 4.90. The standard InChI is InChI=1S/C26H51N3O3/c1-6-8-10-14-21(3)18-26(32)29-24(19-22(4)30)16-12-13-17-28-25(31)20-23(27-5)15-11-9-7-2/h21,23-24,27H,6-20H2,1-5H3,(H,28,31)(H,29,32). The Morgan fingerprint density at radius 2 is 1.31 bits per heavy atom. The highest BCUT2D eigenvalue weighted by Gasteiger charge is 2.16. The Bertz CT molecular complexity index is 511. The molecule has 3 atom stereocenters. The molecule has 0 rings (SSSR count). The second-order valence-electron chi connectivity index (χ2n) is 9.51. The van der Waals surface area contributed by atoms with Crippen molar-refractivity contribution in [2.75, 3.05) is 13.6 Å². The molecule has 0 saturated carbocycles. The van der Waals surface area contributed by atoms with Crippen molar-refractivity contribution in [3.63, 3.8) is 0 Å². The van der Waals surface area contributed by atoms with Crippen molar-refractivity contribution in [2.24, 2.45) is 5.92 Å². The first-order chi connectivity index (χ1) is 15.3. The number of rotatable bonds is 21. The Morgan fingerprint density at radius 3 is 1.91 bits per heavy atom. The summed E-state index contributed by atoms with van der Waals surface area (Å²) in [6.45, 7) is 8.71. The van der Waals surface area contributed by atoms with E-state index < -0.39 is 0 Å². The number of unbranched alkanes of at least 4 members (excludes halogenated alkanes) is 5. The van der Waals surface area contributed by atoms with E-state index in [4.69, 9.17) is 0 Å². The van der Waals surface area contributed by atoms with Gasteiger partial charge < -0.3 is 16.0 Å². The molecule has 0 saturated heterocycles. The summed E-state index contributed by atoms with van der Waals surface area (Å²) < 4.78 is 0. The number of hydrogen-bond donors (Lipinski definition) is 3. The number of amides is 2. The summed E-state index contributed by atoms with van der Waals surface area (Å²) in [5.74, 6) is 0.611. The number of carbonyl (C=O) groups excluding carboxylic acids is 3. The zero-order chi connectivity index (χ0) is 24.2. The fourth-order valence-electron chi connectivity index (χ4n) is 4.05. The van der Waals surface area contributed by atoms with Crippen LogP contribution in [0.5, 0.6) is 0 Å². The third-order valence-electron chi connectivity index (χ3n) is 6.03. The van der Waals surface area contributed by atoms with Gasteiger partial charge >= 0.3 is 0 Å². The molecule has 0 aliphatic rings. The molecule has 3 unspecified atom stereocenters. The van der Waals surface area contributed by atoms with E-state index in [2.05, 4.69) is 36.7 Å².